The van der Waals surface area contributed by atoms with Gasteiger partial charge in [-0.3, -0.25) is 0 Å². The van der Waals surface area contributed by atoms with Crippen molar-refractivity contribution in [3.63, 3.8) is 0 Å². The maximum absolute atomic E-state index is 5.95. The molecule has 1 heterocycles. The van der Waals surface area contributed by atoms with Crippen molar-refractivity contribution in [2.24, 2.45) is 11.7 Å². The van der Waals surface area contributed by atoms with Crippen LogP contribution in [0.3, 0.4) is 0 Å². The van der Waals surface area contributed by atoms with Gasteiger partial charge in [0.1, 0.15) is 0 Å². The van der Waals surface area contributed by atoms with Crippen molar-refractivity contribution in [3.8, 4) is 0 Å². The Labute approximate surface area is 70.0 Å². The lowest BCUT2D eigenvalue weighted by Gasteiger charge is -2.29. The Morgan fingerprint density at radius 1 is 1.64 bits per heavy atom. The summed E-state index contributed by atoms with van der Waals surface area (Å²) in [5.41, 5.74) is 6.92. The molecule has 1 aliphatic carbocycles. The lowest BCUT2D eigenvalue weighted by molar-refractivity contribution is 0.262. The average molecular weight is 169 g/mol. The van der Waals surface area contributed by atoms with Crippen LogP contribution in [-0.2, 0) is 0 Å². The van der Waals surface area contributed by atoms with Crippen molar-refractivity contribution >= 4 is 11.7 Å². The Morgan fingerprint density at radius 3 is 2.91 bits per heavy atom. The highest BCUT2D eigenvalue weighted by atomic mass is 32.1. The van der Waals surface area contributed by atoms with Crippen LogP contribution in [0.1, 0.15) is 31.0 Å². The molecule has 0 aliphatic heterocycles. The number of hydrogen-bond acceptors (Lipinski definition) is 4. The van der Waals surface area contributed by atoms with Crippen LogP contribution in [0.4, 0.5) is 0 Å². The molecule has 0 saturated heterocycles. The van der Waals surface area contributed by atoms with Gasteiger partial charge in [0.2, 0.25) is 0 Å². The van der Waals surface area contributed by atoms with E-state index in [1.165, 1.54) is 31.0 Å². The maximum atomic E-state index is 5.95. The van der Waals surface area contributed by atoms with Crippen LogP contribution in [0.25, 0.3) is 0 Å². The van der Waals surface area contributed by atoms with Crippen LogP contribution in [0.5, 0.6) is 0 Å². The molecule has 0 radical (unpaired) electrons. The third-order valence-corrected chi connectivity index (χ3v) is 2.87. The molecule has 1 aromatic rings. The van der Waals surface area contributed by atoms with E-state index in [1.807, 2.05) is 0 Å². The van der Waals surface area contributed by atoms with E-state index in [2.05, 4.69) is 8.75 Å². The monoisotopic (exact) mass is 169 g/mol. The number of aromatic nitrogens is 2. The normalized spacial score (nSPS) is 21.2. The Bertz CT molecular complexity index is 218. The molecule has 11 heavy (non-hydrogen) atoms. The van der Waals surface area contributed by atoms with E-state index in [1.54, 1.807) is 6.20 Å². The minimum atomic E-state index is 0.141. The van der Waals surface area contributed by atoms with Gasteiger partial charge in [-0.15, -0.1) is 0 Å². The highest BCUT2D eigenvalue weighted by Crippen LogP contribution is 2.35. The van der Waals surface area contributed by atoms with Crippen LogP contribution >= 0.6 is 11.7 Å². The molecule has 1 fully saturated rings. The van der Waals surface area contributed by atoms with Crippen LogP contribution in [0.15, 0.2) is 6.20 Å². The first-order valence-electron chi connectivity index (χ1n) is 3.91. The Morgan fingerprint density at radius 2 is 2.45 bits per heavy atom. The van der Waals surface area contributed by atoms with Crippen LogP contribution in [-0.4, -0.2) is 8.75 Å². The molecular formula is C7H11N3S. The van der Waals surface area contributed by atoms with Crippen molar-refractivity contribution in [2.45, 2.75) is 25.3 Å². The SMILES string of the molecule is NC(c1cnsn1)C1CCC1. The third kappa shape index (κ3) is 1.28. The second-order valence-electron chi connectivity index (χ2n) is 3.05. The van der Waals surface area contributed by atoms with E-state index in [-0.39, 0.29) is 6.04 Å². The molecular weight excluding hydrogens is 158 g/mol. The smallest absolute Gasteiger partial charge is 0.0912 e. The predicted molar refractivity (Wildman–Crippen MR) is 44.2 cm³/mol. The van der Waals surface area contributed by atoms with E-state index in [4.69, 9.17) is 5.73 Å². The molecule has 0 amide bonds. The summed E-state index contributed by atoms with van der Waals surface area (Å²) < 4.78 is 8.06. The molecule has 0 spiro atoms. The van der Waals surface area contributed by atoms with Crippen molar-refractivity contribution in [1.82, 2.24) is 8.75 Å². The molecule has 4 heteroatoms. The molecule has 2 N–H and O–H groups in total. The van der Waals surface area contributed by atoms with Crippen molar-refractivity contribution in [3.05, 3.63) is 11.9 Å². The Hall–Kier alpha value is -0.480. The molecule has 0 bridgehead atoms. The zero-order valence-corrected chi connectivity index (χ0v) is 7.05. The minimum Gasteiger partial charge on any atom is -0.322 e. The molecule has 1 aliphatic rings. The van der Waals surface area contributed by atoms with E-state index >= 15 is 0 Å². The van der Waals surface area contributed by atoms with Gasteiger partial charge in [-0.2, -0.15) is 8.75 Å². The van der Waals surface area contributed by atoms with Crippen molar-refractivity contribution in [1.29, 1.82) is 0 Å². The van der Waals surface area contributed by atoms with Crippen LogP contribution in [0, 0.1) is 5.92 Å². The van der Waals surface area contributed by atoms with Crippen molar-refractivity contribution in [2.75, 3.05) is 0 Å². The fourth-order valence-electron chi connectivity index (χ4n) is 1.36. The first kappa shape index (κ1) is 7.18. The molecule has 0 aromatic carbocycles. The molecule has 3 nitrogen and oxygen atoms in total. The van der Waals surface area contributed by atoms with Gasteiger partial charge in [0.15, 0.2) is 0 Å². The first-order valence-corrected chi connectivity index (χ1v) is 4.64. The maximum Gasteiger partial charge on any atom is 0.0912 e. The second-order valence-corrected chi connectivity index (χ2v) is 3.61. The molecule has 1 atom stereocenters. The van der Waals surface area contributed by atoms with Gasteiger partial charge in [-0.05, 0) is 18.8 Å². The summed E-state index contributed by atoms with van der Waals surface area (Å²) in [6, 6.07) is 0.141. The number of nitrogens with two attached hydrogens (primary N) is 1. The Kier molecular flexibility index (Phi) is 1.87. The Balaban J connectivity index is 2.04. The van der Waals surface area contributed by atoms with E-state index in [0.717, 1.165) is 5.69 Å². The van der Waals surface area contributed by atoms with Crippen LogP contribution in [0.2, 0.25) is 0 Å². The van der Waals surface area contributed by atoms with Crippen molar-refractivity contribution < 1.29 is 0 Å². The largest absolute Gasteiger partial charge is 0.322 e. The fraction of sp³-hybridized carbons (Fsp3) is 0.714. The molecule has 1 saturated carbocycles. The van der Waals surface area contributed by atoms with E-state index < -0.39 is 0 Å². The number of nitrogens with zero attached hydrogens (tertiary/aromatic N) is 2. The quantitative estimate of drug-likeness (QED) is 0.726. The summed E-state index contributed by atoms with van der Waals surface area (Å²) in [6.07, 6.45) is 5.64. The molecule has 2 rings (SSSR count). The van der Waals surface area contributed by atoms with Gasteiger partial charge in [-0.25, -0.2) is 0 Å². The highest BCUT2D eigenvalue weighted by Gasteiger charge is 2.26. The summed E-state index contributed by atoms with van der Waals surface area (Å²) in [4.78, 5) is 0. The summed E-state index contributed by atoms with van der Waals surface area (Å²) in [6.45, 7) is 0. The third-order valence-electron chi connectivity index (χ3n) is 2.38. The summed E-state index contributed by atoms with van der Waals surface area (Å²) >= 11 is 1.24. The van der Waals surface area contributed by atoms with E-state index in [9.17, 15) is 0 Å². The molecule has 1 aromatic heterocycles. The van der Waals surface area contributed by atoms with Gasteiger partial charge < -0.3 is 5.73 Å². The fourth-order valence-corrected chi connectivity index (χ4v) is 1.82. The topological polar surface area (TPSA) is 51.8 Å². The van der Waals surface area contributed by atoms with Gasteiger partial charge in [0, 0.05) is 0 Å². The minimum absolute atomic E-state index is 0.141. The molecule has 1 unspecified atom stereocenters. The summed E-state index contributed by atoms with van der Waals surface area (Å²) in [5.74, 6) is 0.666. The lowest BCUT2D eigenvalue weighted by Crippen LogP contribution is -2.26. The molecule has 60 valence electrons. The highest BCUT2D eigenvalue weighted by molar-refractivity contribution is 6.99. The van der Waals surface area contributed by atoms with Gasteiger partial charge in [-0.1, -0.05) is 6.42 Å². The zero-order chi connectivity index (χ0) is 7.68. The average Bonchev–Trinajstić information content (AvgIpc) is 2.32. The first-order chi connectivity index (χ1) is 5.38. The second kappa shape index (κ2) is 2.87. The lowest BCUT2D eigenvalue weighted by atomic mass is 9.79. The van der Waals surface area contributed by atoms with E-state index in [0.29, 0.717) is 5.92 Å². The number of hydrogen-bond donors (Lipinski definition) is 1. The number of rotatable bonds is 2. The standard InChI is InChI=1S/C7H11N3S/c8-7(5-2-1-3-5)6-4-9-11-10-6/h4-5,7H,1-3,8H2. The zero-order valence-electron chi connectivity index (χ0n) is 6.23. The predicted octanol–water partition coefficient (Wildman–Crippen LogP) is 1.34. The van der Waals surface area contributed by atoms with Gasteiger partial charge in [0.25, 0.3) is 0 Å². The van der Waals surface area contributed by atoms with Crippen LogP contribution < -0.4 is 5.73 Å². The van der Waals surface area contributed by atoms with Gasteiger partial charge in [0.05, 0.1) is 29.7 Å². The summed E-state index contributed by atoms with van der Waals surface area (Å²) in [5, 5.41) is 0. The summed E-state index contributed by atoms with van der Waals surface area (Å²) in [7, 11) is 0. The van der Waals surface area contributed by atoms with Gasteiger partial charge >= 0.3 is 0 Å².